The van der Waals surface area contributed by atoms with E-state index in [4.69, 9.17) is 0 Å². The van der Waals surface area contributed by atoms with Gasteiger partial charge >= 0.3 is 0 Å². The Bertz CT molecular complexity index is 198. The minimum absolute atomic E-state index is 0.545. The van der Waals surface area contributed by atoms with Crippen molar-refractivity contribution in [3.05, 3.63) is 12.7 Å². The van der Waals surface area contributed by atoms with Gasteiger partial charge < -0.3 is 4.90 Å². The highest BCUT2D eigenvalue weighted by Gasteiger charge is 2.11. The Hall–Kier alpha value is -0.300. The van der Waals surface area contributed by atoms with Gasteiger partial charge in [0.1, 0.15) is 0 Å². The summed E-state index contributed by atoms with van der Waals surface area (Å²) >= 11 is 0. The first-order chi connectivity index (χ1) is 9.11. The summed E-state index contributed by atoms with van der Waals surface area (Å²) in [4.78, 5) is 2.28. The molecule has 0 aromatic carbocycles. The number of nitrogens with zero attached hydrogens (tertiary/aromatic N) is 1. The molecule has 1 nitrogen and oxygen atoms in total. The predicted molar refractivity (Wildman–Crippen MR) is 88.7 cm³/mol. The molecule has 0 amide bonds. The third-order valence-electron chi connectivity index (χ3n) is 4.13. The van der Waals surface area contributed by atoms with Gasteiger partial charge in [0.05, 0.1) is 0 Å². The molecule has 0 saturated heterocycles. The molecule has 0 aromatic heterocycles. The van der Waals surface area contributed by atoms with E-state index in [-0.39, 0.29) is 0 Å². The van der Waals surface area contributed by atoms with E-state index in [9.17, 15) is 0 Å². The van der Waals surface area contributed by atoms with E-state index in [1.807, 2.05) is 0 Å². The van der Waals surface area contributed by atoms with E-state index in [0.717, 1.165) is 5.92 Å². The largest absolute Gasteiger partial charge is 0.303 e. The van der Waals surface area contributed by atoms with E-state index >= 15 is 0 Å². The number of unbranched alkanes of at least 4 members (excludes halogenated alkanes) is 7. The van der Waals surface area contributed by atoms with Crippen LogP contribution in [0.4, 0.5) is 0 Å². The molecule has 0 radical (unpaired) electrons. The van der Waals surface area contributed by atoms with Crippen LogP contribution in [0.25, 0.3) is 0 Å². The molecule has 0 aliphatic carbocycles. The second-order valence-corrected chi connectivity index (χ2v) is 6.37. The fraction of sp³-hybridized carbons (Fsp3) is 0.889. The third-order valence-corrected chi connectivity index (χ3v) is 4.13. The summed E-state index contributed by atoms with van der Waals surface area (Å²) in [6.07, 6.45) is 16.1. The lowest BCUT2D eigenvalue weighted by Crippen LogP contribution is -2.27. The van der Waals surface area contributed by atoms with E-state index in [1.54, 1.807) is 0 Å². The highest BCUT2D eigenvalue weighted by molar-refractivity contribution is 4.86. The van der Waals surface area contributed by atoms with Crippen LogP contribution < -0.4 is 0 Å². The van der Waals surface area contributed by atoms with Crippen molar-refractivity contribution in [2.45, 2.75) is 84.1 Å². The Labute approximate surface area is 122 Å². The van der Waals surface area contributed by atoms with E-state index < -0.39 is 0 Å². The Morgan fingerprint density at radius 3 is 1.95 bits per heavy atom. The molecule has 114 valence electrons. The molecule has 0 aromatic rings. The van der Waals surface area contributed by atoms with E-state index in [0.29, 0.717) is 6.04 Å². The Morgan fingerprint density at radius 2 is 1.47 bits per heavy atom. The maximum atomic E-state index is 3.94. The maximum Gasteiger partial charge on any atom is 0.0272 e. The molecule has 2 atom stereocenters. The van der Waals surface area contributed by atoms with Crippen molar-refractivity contribution in [1.82, 2.24) is 4.90 Å². The highest BCUT2D eigenvalue weighted by atomic mass is 15.1. The zero-order chi connectivity index (χ0) is 14.5. The van der Waals surface area contributed by atoms with Gasteiger partial charge in [0, 0.05) is 6.04 Å². The van der Waals surface area contributed by atoms with Gasteiger partial charge in [0.15, 0.2) is 0 Å². The van der Waals surface area contributed by atoms with Crippen LogP contribution in [0.15, 0.2) is 12.7 Å². The first-order valence-electron chi connectivity index (χ1n) is 8.40. The molecular weight excluding hydrogens is 230 g/mol. The highest BCUT2D eigenvalue weighted by Crippen LogP contribution is 2.18. The number of likely N-dealkylation sites (N-methyl/N-ethyl adjacent to an activating group) is 1. The smallest absolute Gasteiger partial charge is 0.0272 e. The minimum Gasteiger partial charge on any atom is -0.303 e. The minimum atomic E-state index is 0.545. The molecule has 0 saturated carbocycles. The average molecular weight is 268 g/mol. The molecule has 0 N–H and O–H groups in total. The van der Waals surface area contributed by atoms with Gasteiger partial charge in [-0.15, -0.1) is 6.58 Å². The molecule has 0 spiro atoms. The van der Waals surface area contributed by atoms with Crippen molar-refractivity contribution >= 4 is 0 Å². The summed E-state index contributed by atoms with van der Waals surface area (Å²) in [6, 6.07) is 0.545. The summed E-state index contributed by atoms with van der Waals surface area (Å²) in [7, 11) is 4.30. The molecule has 0 aliphatic heterocycles. The van der Waals surface area contributed by atoms with Gasteiger partial charge in [0.25, 0.3) is 0 Å². The summed E-state index contributed by atoms with van der Waals surface area (Å²) in [5.74, 6) is 0.825. The number of hydrogen-bond donors (Lipinski definition) is 0. The molecule has 1 heteroatoms. The van der Waals surface area contributed by atoms with E-state index in [1.165, 1.54) is 64.2 Å². The lowest BCUT2D eigenvalue weighted by Gasteiger charge is -2.24. The van der Waals surface area contributed by atoms with Crippen molar-refractivity contribution in [2.75, 3.05) is 14.1 Å². The topological polar surface area (TPSA) is 3.24 Å². The van der Waals surface area contributed by atoms with E-state index in [2.05, 4.69) is 45.5 Å². The molecular formula is C18H37N. The maximum absolute atomic E-state index is 3.94. The lowest BCUT2D eigenvalue weighted by atomic mass is 9.95. The van der Waals surface area contributed by atoms with Crippen LogP contribution in [0, 0.1) is 5.92 Å². The first-order valence-corrected chi connectivity index (χ1v) is 8.40. The van der Waals surface area contributed by atoms with Gasteiger partial charge in [-0.2, -0.15) is 0 Å². The van der Waals surface area contributed by atoms with Crippen LogP contribution in [-0.4, -0.2) is 25.0 Å². The van der Waals surface area contributed by atoms with Gasteiger partial charge in [-0.1, -0.05) is 77.7 Å². The molecule has 2 unspecified atom stereocenters. The third kappa shape index (κ3) is 11.2. The molecule has 0 rings (SSSR count). The second kappa shape index (κ2) is 12.7. The molecule has 0 heterocycles. The fourth-order valence-corrected chi connectivity index (χ4v) is 2.67. The van der Waals surface area contributed by atoms with Crippen LogP contribution >= 0.6 is 0 Å². The molecule has 0 fully saturated rings. The summed E-state index contributed by atoms with van der Waals surface area (Å²) < 4.78 is 0. The fourth-order valence-electron chi connectivity index (χ4n) is 2.67. The molecule has 19 heavy (non-hydrogen) atoms. The van der Waals surface area contributed by atoms with Crippen LogP contribution in [0.3, 0.4) is 0 Å². The summed E-state index contributed by atoms with van der Waals surface area (Å²) in [6.45, 7) is 8.61. The van der Waals surface area contributed by atoms with Crippen LogP contribution in [-0.2, 0) is 0 Å². The molecule has 0 bridgehead atoms. The molecule has 0 aliphatic rings. The predicted octanol–water partition coefficient (Wildman–Crippen LogP) is 5.66. The Kier molecular flexibility index (Phi) is 12.5. The summed E-state index contributed by atoms with van der Waals surface area (Å²) in [5, 5.41) is 0. The van der Waals surface area contributed by atoms with Gasteiger partial charge in [0.2, 0.25) is 0 Å². The quantitative estimate of drug-likeness (QED) is 0.307. The van der Waals surface area contributed by atoms with Crippen molar-refractivity contribution in [3.8, 4) is 0 Å². The number of hydrogen-bond acceptors (Lipinski definition) is 1. The SMILES string of the molecule is C=CC(CC(C)CCCCCCCCCC)N(C)C. The van der Waals surface area contributed by atoms with Gasteiger partial charge in [-0.05, 0) is 26.4 Å². The summed E-state index contributed by atoms with van der Waals surface area (Å²) in [5.41, 5.74) is 0. The Morgan fingerprint density at radius 1 is 0.947 bits per heavy atom. The van der Waals surface area contributed by atoms with Gasteiger partial charge in [-0.25, -0.2) is 0 Å². The van der Waals surface area contributed by atoms with Crippen molar-refractivity contribution in [1.29, 1.82) is 0 Å². The first kappa shape index (κ1) is 18.7. The van der Waals surface area contributed by atoms with Crippen LogP contribution in [0.5, 0.6) is 0 Å². The van der Waals surface area contributed by atoms with Crippen molar-refractivity contribution < 1.29 is 0 Å². The monoisotopic (exact) mass is 267 g/mol. The number of rotatable bonds is 13. The average Bonchev–Trinajstić information content (AvgIpc) is 2.38. The zero-order valence-corrected chi connectivity index (χ0v) is 14.0. The Balaban J connectivity index is 3.42. The normalized spacial score (nSPS) is 14.6. The van der Waals surface area contributed by atoms with Crippen LogP contribution in [0.2, 0.25) is 0 Å². The second-order valence-electron chi connectivity index (χ2n) is 6.37. The van der Waals surface area contributed by atoms with Gasteiger partial charge in [-0.3, -0.25) is 0 Å². The van der Waals surface area contributed by atoms with Crippen molar-refractivity contribution in [2.24, 2.45) is 5.92 Å². The van der Waals surface area contributed by atoms with Crippen molar-refractivity contribution in [3.63, 3.8) is 0 Å². The standard InChI is InChI=1S/C18H37N/c1-6-8-9-10-11-12-13-14-15-17(3)16-18(7-2)19(4)5/h7,17-18H,2,6,8-16H2,1,3-5H3. The zero-order valence-electron chi connectivity index (χ0n) is 14.0. The lowest BCUT2D eigenvalue weighted by molar-refractivity contribution is 0.285. The van der Waals surface area contributed by atoms with Crippen LogP contribution in [0.1, 0.15) is 78.1 Å².